The number of rotatable bonds is 4. The van der Waals surface area contributed by atoms with Crippen LogP contribution in [0.25, 0.3) is 0 Å². The van der Waals surface area contributed by atoms with Gasteiger partial charge in [0.25, 0.3) is 5.91 Å². The molecule has 21 heavy (non-hydrogen) atoms. The molecule has 1 N–H and O–H groups in total. The molecule has 2 rings (SSSR count). The Kier molecular flexibility index (Phi) is 4.78. The van der Waals surface area contributed by atoms with Gasteiger partial charge in [0.05, 0.1) is 10.7 Å². The summed E-state index contributed by atoms with van der Waals surface area (Å²) in [6.45, 7) is 9.10. The maximum absolute atomic E-state index is 12.1. The zero-order valence-corrected chi connectivity index (χ0v) is 13.9. The van der Waals surface area contributed by atoms with E-state index < -0.39 is 0 Å². The third-order valence-electron chi connectivity index (χ3n) is 3.35. The number of nitrogens with zero attached hydrogens (tertiary/aromatic N) is 1. The lowest BCUT2D eigenvalue weighted by atomic mass is 9.87. The number of carbonyl (C=O) groups is 1. The highest BCUT2D eigenvalue weighted by atomic mass is 32.1. The molecule has 2 aromatic rings. The molecule has 1 amide bonds. The second-order valence-electron chi connectivity index (χ2n) is 6.19. The number of amides is 1. The summed E-state index contributed by atoms with van der Waals surface area (Å²) in [6, 6.07) is 7.84. The number of nitrogens with one attached hydrogen (secondary N) is 1. The zero-order valence-electron chi connectivity index (χ0n) is 13.1. The lowest BCUT2D eigenvalue weighted by molar-refractivity contribution is 0.0954. The molecule has 0 atom stereocenters. The molecule has 0 saturated heterocycles. The summed E-state index contributed by atoms with van der Waals surface area (Å²) in [4.78, 5) is 16.5. The number of aromatic nitrogens is 1. The Bertz CT molecular complexity index is 608. The molecule has 112 valence electrons. The van der Waals surface area contributed by atoms with Crippen molar-refractivity contribution < 1.29 is 4.79 Å². The summed E-state index contributed by atoms with van der Waals surface area (Å²) in [6.07, 6.45) is 0.774. The molecule has 0 saturated carbocycles. The second-order valence-corrected chi connectivity index (χ2v) is 7.25. The van der Waals surface area contributed by atoms with Gasteiger partial charge in [0.15, 0.2) is 0 Å². The third kappa shape index (κ3) is 4.39. The van der Waals surface area contributed by atoms with Crippen LogP contribution < -0.4 is 5.32 Å². The van der Waals surface area contributed by atoms with Gasteiger partial charge in [0.2, 0.25) is 0 Å². The van der Waals surface area contributed by atoms with Crippen LogP contribution in [0.5, 0.6) is 0 Å². The summed E-state index contributed by atoms with van der Waals surface area (Å²) in [7, 11) is 0. The zero-order chi connectivity index (χ0) is 15.5. The molecule has 0 unspecified atom stereocenters. The van der Waals surface area contributed by atoms with Gasteiger partial charge < -0.3 is 5.32 Å². The van der Waals surface area contributed by atoms with Crippen molar-refractivity contribution in [1.29, 1.82) is 0 Å². The minimum absolute atomic E-state index is 0.0255. The van der Waals surface area contributed by atoms with Gasteiger partial charge >= 0.3 is 0 Å². The van der Waals surface area contributed by atoms with Gasteiger partial charge in [-0.2, -0.15) is 0 Å². The maximum atomic E-state index is 12.1. The molecule has 1 aromatic heterocycles. The fourth-order valence-corrected chi connectivity index (χ4v) is 2.70. The monoisotopic (exact) mass is 302 g/mol. The average Bonchev–Trinajstić information content (AvgIpc) is 2.83. The number of aryl methyl sites for hydroxylation is 1. The van der Waals surface area contributed by atoms with Crippen molar-refractivity contribution in [2.45, 2.75) is 39.5 Å². The number of benzene rings is 1. The minimum Gasteiger partial charge on any atom is -0.352 e. The summed E-state index contributed by atoms with van der Waals surface area (Å²) in [5.74, 6) is -0.0255. The van der Waals surface area contributed by atoms with E-state index in [1.165, 1.54) is 5.56 Å². The number of hydrogen-bond donors (Lipinski definition) is 1. The Morgan fingerprint density at radius 2 is 1.90 bits per heavy atom. The smallest absolute Gasteiger partial charge is 0.251 e. The Labute approximate surface area is 130 Å². The molecule has 4 heteroatoms. The molecule has 3 nitrogen and oxygen atoms in total. The van der Waals surface area contributed by atoms with Crippen LogP contribution in [0, 0.1) is 6.92 Å². The van der Waals surface area contributed by atoms with Gasteiger partial charge in [-0.25, -0.2) is 4.98 Å². The predicted molar refractivity (Wildman–Crippen MR) is 88.0 cm³/mol. The molecule has 0 aliphatic heterocycles. The molecule has 0 radical (unpaired) electrons. The van der Waals surface area contributed by atoms with Crippen molar-refractivity contribution in [3.63, 3.8) is 0 Å². The fourth-order valence-electron chi connectivity index (χ4n) is 2.05. The predicted octanol–water partition coefficient (Wildman–Crippen LogP) is 3.72. The van der Waals surface area contributed by atoms with Gasteiger partial charge in [-0.05, 0) is 30.0 Å². The van der Waals surface area contributed by atoms with Crippen LogP contribution >= 0.6 is 11.3 Å². The topological polar surface area (TPSA) is 42.0 Å². The van der Waals surface area contributed by atoms with E-state index in [-0.39, 0.29) is 11.3 Å². The molecule has 0 fully saturated rings. The highest BCUT2D eigenvalue weighted by Gasteiger charge is 2.14. The number of hydrogen-bond acceptors (Lipinski definition) is 3. The van der Waals surface area contributed by atoms with E-state index in [0.717, 1.165) is 17.1 Å². The van der Waals surface area contributed by atoms with Crippen molar-refractivity contribution in [3.8, 4) is 0 Å². The largest absolute Gasteiger partial charge is 0.352 e. The second kappa shape index (κ2) is 6.39. The van der Waals surface area contributed by atoms with Gasteiger partial charge in [-0.1, -0.05) is 32.9 Å². The van der Waals surface area contributed by atoms with Crippen LogP contribution in [-0.4, -0.2) is 17.4 Å². The van der Waals surface area contributed by atoms with Crippen LogP contribution in [0.2, 0.25) is 0 Å². The van der Waals surface area contributed by atoms with Crippen molar-refractivity contribution in [2.24, 2.45) is 0 Å². The molecule has 1 heterocycles. The standard InChI is InChI=1S/C17H22N2OS/c1-12-19-15(11-21-12)9-10-18-16(20)13-5-7-14(8-6-13)17(2,3)4/h5-8,11H,9-10H2,1-4H3,(H,18,20). The van der Waals surface area contributed by atoms with E-state index >= 15 is 0 Å². The van der Waals surface area contributed by atoms with Gasteiger partial charge in [-0.3, -0.25) is 4.79 Å². The lowest BCUT2D eigenvalue weighted by Crippen LogP contribution is -2.25. The number of thiazole rings is 1. The van der Waals surface area contributed by atoms with Gasteiger partial charge in [0, 0.05) is 23.9 Å². The first-order chi connectivity index (χ1) is 9.86. The molecule has 0 aliphatic carbocycles. The van der Waals surface area contributed by atoms with Crippen LogP contribution in [0.1, 0.15) is 47.4 Å². The van der Waals surface area contributed by atoms with Crippen LogP contribution in [0.15, 0.2) is 29.6 Å². The summed E-state index contributed by atoms with van der Waals surface area (Å²) in [5.41, 5.74) is 3.09. The van der Waals surface area contributed by atoms with E-state index in [1.54, 1.807) is 11.3 Å². The maximum Gasteiger partial charge on any atom is 0.251 e. The van der Waals surface area contributed by atoms with Crippen molar-refractivity contribution in [3.05, 3.63) is 51.5 Å². The van der Waals surface area contributed by atoms with Crippen molar-refractivity contribution in [2.75, 3.05) is 6.54 Å². The van der Waals surface area contributed by atoms with Crippen LogP contribution in [0.3, 0.4) is 0 Å². The molecule has 0 aliphatic rings. The molecule has 0 spiro atoms. The van der Waals surface area contributed by atoms with E-state index in [4.69, 9.17) is 0 Å². The molecule has 1 aromatic carbocycles. The Balaban J connectivity index is 1.88. The van der Waals surface area contributed by atoms with Crippen LogP contribution in [0.4, 0.5) is 0 Å². The normalized spacial score (nSPS) is 11.4. The van der Waals surface area contributed by atoms with Crippen molar-refractivity contribution in [1.82, 2.24) is 10.3 Å². The highest BCUT2D eigenvalue weighted by Crippen LogP contribution is 2.22. The molecule has 0 bridgehead atoms. The first kappa shape index (κ1) is 15.7. The Hall–Kier alpha value is -1.68. The van der Waals surface area contributed by atoms with E-state index in [2.05, 4.69) is 31.1 Å². The van der Waals surface area contributed by atoms with Crippen molar-refractivity contribution >= 4 is 17.2 Å². The SMILES string of the molecule is Cc1nc(CCNC(=O)c2ccc(C(C)(C)C)cc2)cs1. The van der Waals surface area contributed by atoms with Gasteiger partial charge in [-0.15, -0.1) is 11.3 Å². The van der Waals surface area contributed by atoms with E-state index in [9.17, 15) is 4.79 Å². The summed E-state index contributed by atoms with van der Waals surface area (Å²) >= 11 is 1.64. The lowest BCUT2D eigenvalue weighted by Gasteiger charge is -2.19. The molecular weight excluding hydrogens is 280 g/mol. The average molecular weight is 302 g/mol. The van der Waals surface area contributed by atoms with Crippen LogP contribution in [-0.2, 0) is 11.8 Å². The van der Waals surface area contributed by atoms with E-state index in [0.29, 0.717) is 12.1 Å². The fraction of sp³-hybridized carbons (Fsp3) is 0.412. The highest BCUT2D eigenvalue weighted by molar-refractivity contribution is 7.09. The first-order valence-electron chi connectivity index (χ1n) is 7.16. The van der Waals surface area contributed by atoms with Gasteiger partial charge in [0.1, 0.15) is 0 Å². The third-order valence-corrected chi connectivity index (χ3v) is 4.17. The minimum atomic E-state index is -0.0255. The summed E-state index contributed by atoms with van der Waals surface area (Å²) in [5, 5.41) is 6.05. The first-order valence-corrected chi connectivity index (χ1v) is 8.04. The summed E-state index contributed by atoms with van der Waals surface area (Å²) < 4.78 is 0. The Morgan fingerprint density at radius 1 is 1.24 bits per heavy atom. The Morgan fingerprint density at radius 3 is 2.43 bits per heavy atom. The molecular formula is C17H22N2OS. The quantitative estimate of drug-likeness (QED) is 0.935. The van der Waals surface area contributed by atoms with E-state index in [1.807, 2.05) is 36.6 Å². The number of carbonyl (C=O) groups excluding carboxylic acids is 1.